The lowest BCUT2D eigenvalue weighted by Gasteiger charge is -2.26. The fourth-order valence-corrected chi connectivity index (χ4v) is 2.39. The van der Waals surface area contributed by atoms with Gasteiger partial charge in [0.25, 0.3) is 5.91 Å². The summed E-state index contributed by atoms with van der Waals surface area (Å²) in [5, 5.41) is 0.122. The molecule has 0 N–H and O–H groups in total. The van der Waals surface area contributed by atoms with E-state index in [9.17, 15) is 14.0 Å². The smallest absolute Gasteiger partial charge is 0.290 e. The minimum absolute atomic E-state index is 0.0688. The van der Waals surface area contributed by atoms with Crippen LogP contribution >= 0.6 is 15.9 Å². The number of hydrogen-bond acceptors (Lipinski definition) is 3. The number of carbonyl (C=O) groups excluding carboxylic acids is 2. The van der Waals surface area contributed by atoms with Crippen molar-refractivity contribution in [3.63, 3.8) is 0 Å². The highest BCUT2D eigenvalue weighted by Crippen LogP contribution is 2.18. The molecule has 0 aliphatic rings. The molecular formula is C17H17BrFNO3. The van der Waals surface area contributed by atoms with Crippen LogP contribution in [0, 0.1) is 5.82 Å². The highest BCUT2D eigenvalue weighted by Gasteiger charge is 2.24. The molecular weight excluding hydrogens is 365 g/mol. The summed E-state index contributed by atoms with van der Waals surface area (Å²) in [5.74, 6) is -0.786. The SMILES string of the molecule is CC(C)N(Cc1ccccc1F)C(=O)c1ccc(C(=O)CBr)o1. The molecule has 0 unspecified atom stereocenters. The second kappa shape index (κ2) is 7.55. The van der Waals surface area contributed by atoms with Gasteiger partial charge in [-0.25, -0.2) is 4.39 Å². The average molecular weight is 382 g/mol. The first-order valence-corrected chi connectivity index (χ1v) is 8.29. The van der Waals surface area contributed by atoms with Crippen molar-refractivity contribution >= 4 is 27.6 Å². The molecule has 23 heavy (non-hydrogen) atoms. The summed E-state index contributed by atoms with van der Waals surface area (Å²) in [4.78, 5) is 25.7. The molecule has 0 saturated carbocycles. The molecule has 2 aromatic rings. The Kier molecular flexibility index (Phi) is 5.71. The summed E-state index contributed by atoms with van der Waals surface area (Å²) in [5.41, 5.74) is 0.429. The number of rotatable bonds is 6. The summed E-state index contributed by atoms with van der Waals surface area (Å²) in [6, 6.07) is 9.11. The number of ketones is 1. The molecule has 0 atom stereocenters. The quantitative estimate of drug-likeness (QED) is 0.560. The van der Waals surface area contributed by atoms with E-state index in [2.05, 4.69) is 15.9 Å². The molecule has 0 spiro atoms. The summed E-state index contributed by atoms with van der Waals surface area (Å²) in [6.07, 6.45) is 0. The van der Waals surface area contributed by atoms with E-state index in [4.69, 9.17) is 4.42 Å². The molecule has 0 fully saturated rings. The van der Waals surface area contributed by atoms with Crippen molar-refractivity contribution in [2.45, 2.75) is 26.4 Å². The number of Topliss-reactive ketones (excluding diaryl/α,β-unsaturated/α-hetero) is 1. The normalized spacial score (nSPS) is 10.8. The monoisotopic (exact) mass is 381 g/mol. The number of halogens is 2. The van der Waals surface area contributed by atoms with E-state index in [0.717, 1.165) is 0 Å². The van der Waals surface area contributed by atoms with Crippen LogP contribution in [0.5, 0.6) is 0 Å². The number of hydrogen-bond donors (Lipinski definition) is 0. The molecule has 1 heterocycles. The largest absolute Gasteiger partial charge is 0.448 e. The van der Waals surface area contributed by atoms with Gasteiger partial charge in [0.05, 0.1) is 5.33 Å². The third kappa shape index (κ3) is 4.07. The zero-order chi connectivity index (χ0) is 17.0. The standard InChI is InChI=1S/C17H17BrFNO3/c1-11(2)20(10-12-5-3-4-6-13(12)19)17(22)16-8-7-15(23-16)14(21)9-18/h3-8,11H,9-10H2,1-2H3. The number of alkyl halides is 1. The van der Waals surface area contributed by atoms with Crippen molar-refractivity contribution in [1.82, 2.24) is 4.90 Å². The zero-order valence-electron chi connectivity index (χ0n) is 12.9. The minimum atomic E-state index is -0.378. The Labute approximate surface area is 142 Å². The molecule has 1 amide bonds. The fourth-order valence-electron chi connectivity index (χ4n) is 2.11. The van der Waals surface area contributed by atoms with Crippen LogP contribution in [0.4, 0.5) is 4.39 Å². The predicted molar refractivity (Wildman–Crippen MR) is 88.2 cm³/mol. The number of amides is 1. The van der Waals surface area contributed by atoms with Crippen LogP contribution in [0.25, 0.3) is 0 Å². The van der Waals surface area contributed by atoms with Crippen molar-refractivity contribution < 1.29 is 18.4 Å². The molecule has 0 saturated heterocycles. The van der Waals surface area contributed by atoms with Gasteiger partial charge in [0.1, 0.15) is 5.82 Å². The lowest BCUT2D eigenvalue weighted by molar-refractivity contribution is 0.0653. The fraction of sp³-hybridized carbons (Fsp3) is 0.294. The van der Waals surface area contributed by atoms with Crippen molar-refractivity contribution in [3.05, 3.63) is 59.3 Å². The molecule has 0 aliphatic heterocycles. The first-order valence-electron chi connectivity index (χ1n) is 7.17. The Hall–Kier alpha value is -1.95. The van der Waals surface area contributed by atoms with E-state index in [-0.39, 0.29) is 46.9 Å². The van der Waals surface area contributed by atoms with Crippen molar-refractivity contribution in [2.75, 3.05) is 5.33 Å². The van der Waals surface area contributed by atoms with Crippen LogP contribution in [-0.4, -0.2) is 28.0 Å². The number of furan rings is 1. The summed E-state index contributed by atoms with van der Waals surface area (Å²) in [7, 11) is 0. The Balaban J connectivity index is 2.24. The second-order valence-corrected chi connectivity index (χ2v) is 5.90. The summed E-state index contributed by atoms with van der Waals surface area (Å²) < 4.78 is 19.2. The Morgan fingerprint density at radius 2 is 1.83 bits per heavy atom. The summed E-state index contributed by atoms with van der Waals surface area (Å²) >= 11 is 3.06. The Morgan fingerprint density at radius 1 is 1.17 bits per heavy atom. The van der Waals surface area contributed by atoms with E-state index in [0.29, 0.717) is 5.56 Å². The molecule has 1 aromatic carbocycles. The molecule has 0 radical (unpaired) electrons. The second-order valence-electron chi connectivity index (χ2n) is 5.34. The van der Waals surface area contributed by atoms with Gasteiger partial charge in [0.2, 0.25) is 5.78 Å². The molecule has 2 rings (SSSR count). The van der Waals surface area contributed by atoms with Crippen LogP contribution in [0.2, 0.25) is 0 Å². The van der Waals surface area contributed by atoms with Crippen LogP contribution in [0.1, 0.15) is 40.5 Å². The lowest BCUT2D eigenvalue weighted by atomic mass is 10.1. The molecule has 6 heteroatoms. The van der Waals surface area contributed by atoms with Crippen molar-refractivity contribution in [1.29, 1.82) is 0 Å². The van der Waals surface area contributed by atoms with Crippen LogP contribution in [0.3, 0.4) is 0 Å². The van der Waals surface area contributed by atoms with E-state index >= 15 is 0 Å². The topological polar surface area (TPSA) is 50.5 Å². The molecule has 0 aliphatic carbocycles. The van der Waals surface area contributed by atoms with Gasteiger partial charge in [0.15, 0.2) is 11.5 Å². The van der Waals surface area contributed by atoms with E-state index in [1.807, 2.05) is 13.8 Å². The maximum absolute atomic E-state index is 13.8. The Morgan fingerprint density at radius 3 is 2.43 bits per heavy atom. The van der Waals surface area contributed by atoms with Crippen LogP contribution in [-0.2, 0) is 6.54 Å². The molecule has 122 valence electrons. The van der Waals surface area contributed by atoms with Gasteiger partial charge in [-0.3, -0.25) is 9.59 Å². The first kappa shape index (κ1) is 17.4. The Bertz CT molecular complexity index is 711. The van der Waals surface area contributed by atoms with Gasteiger partial charge in [-0.15, -0.1) is 0 Å². The lowest BCUT2D eigenvalue weighted by Crippen LogP contribution is -2.36. The molecule has 0 bridgehead atoms. The average Bonchev–Trinajstić information content (AvgIpc) is 3.02. The third-order valence-electron chi connectivity index (χ3n) is 3.40. The van der Waals surface area contributed by atoms with E-state index in [1.54, 1.807) is 18.2 Å². The van der Waals surface area contributed by atoms with Gasteiger partial charge in [-0.2, -0.15) is 0 Å². The maximum Gasteiger partial charge on any atom is 0.290 e. The van der Waals surface area contributed by atoms with Gasteiger partial charge >= 0.3 is 0 Å². The predicted octanol–water partition coefficient (Wildman–Crippen LogP) is 4.05. The van der Waals surface area contributed by atoms with Crippen molar-refractivity contribution in [3.8, 4) is 0 Å². The minimum Gasteiger partial charge on any atom is -0.448 e. The van der Waals surface area contributed by atoms with E-state index in [1.165, 1.54) is 23.1 Å². The highest BCUT2D eigenvalue weighted by atomic mass is 79.9. The van der Waals surface area contributed by atoms with Gasteiger partial charge in [-0.1, -0.05) is 34.1 Å². The van der Waals surface area contributed by atoms with Crippen LogP contribution in [0.15, 0.2) is 40.8 Å². The summed E-state index contributed by atoms with van der Waals surface area (Å²) in [6.45, 7) is 3.81. The van der Waals surface area contributed by atoms with Gasteiger partial charge in [0, 0.05) is 18.2 Å². The third-order valence-corrected chi connectivity index (χ3v) is 3.90. The first-order chi connectivity index (χ1) is 10.9. The zero-order valence-corrected chi connectivity index (χ0v) is 14.5. The maximum atomic E-state index is 13.8. The number of nitrogens with zero attached hydrogens (tertiary/aromatic N) is 1. The van der Waals surface area contributed by atoms with Crippen LogP contribution < -0.4 is 0 Å². The highest BCUT2D eigenvalue weighted by molar-refractivity contribution is 9.09. The molecule has 4 nitrogen and oxygen atoms in total. The van der Waals surface area contributed by atoms with Gasteiger partial charge in [-0.05, 0) is 32.0 Å². The van der Waals surface area contributed by atoms with Crippen molar-refractivity contribution in [2.24, 2.45) is 0 Å². The van der Waals surface area contributed by atoms with Gasteiger partial charge < -0.3 is 9.32 Å². The molecule has 1 aromatic heterocycles. The van der Waals surface area contributed by atoms with E-state index < -0.39 is 0 Å². The number of carbonyl (C=O) groups is 2. The number of benzene rings is 1.